The summed E-state index contributed by atoms with van der Waals surface area (Å²) in [7, 11) is 1.68. The first kappa shape index (κ1) is 14.3. The third kappa shape index (κ3) is 8.35. The number of nitrogens with one attached hydrogen (secondary N) is 1. The Bertz CT molecular complexity index is 174. The van der Waals surface area contributed by atoms with E-state index < -0.39 is 0 Å². The number of hydrogen-bond donors (Lipinski definition) is 2. The molecular weight excluding hydrogens is 194 g/mol. The van der Waals surface area contributed by atoms with Crippen molar-refractivity contribution in [3.63, 3.8) is 0 Å². The minimum Gasteiger partial charge on any atom is -0.383 e. The molecule has 0 saturated carbocycles. The van der Waals surface area contributed by atoms with Gasteiger partial charge in [-0.2, -0.15) is 0 Å². The lowest BCUT2D eigenvalue weighted by Crippen LogP contribution is -2.37. The van der Waals surface area contributed by atoms with Gasteiger partial charge < -0.3 is 9.64 Å². The lowest BCUT2D eigenvalue weighted by molar-refractivity contribution is -0.121. The number of amides is 1. The van der Waals surface area contributed by atoms with Crippen molar-refractivity contribution in [1.82, 2.24) is 10.3 Å². The van der Waals surface area contributed by atoms with Gasteiger partial charge in [0.25, 0.3) is 0 Å². The van der Waals surface area contributed by atoms with Gasteiger partial charge in [0, 0.05) is 33.2 Å². The van der Waals surface area contributed by atoms with Crippen LogP contribution in [0.5, 0.6) is 0 Å². The molecule has 0 saturated heterocycles. The Morgan fingerprint density at radius 3 is 2.60 bits per heavy atom. The third-order valence-electron chi connectivity index (χ3n) is 2.05. The Labute approximate surface area is 91.9 Å². The molecule has 5 nitrogen and oxygen atoms in total. The van der Waals surface area contributed by atoms with E-state index in [4.69, 9.17) is 10.6 Å². The highest BCUT2D eigenvalue weighted by atomic mass is 16.5. The highest BCUT2D eigenvalue weighted by molar-refractivity contribution is 5.75. The fraction of sp³-hybridized carbons (Fsp3) is 0.900. The number of carbonyl (C=O) groups is 1. The molecule has 0 unspecified atom stereocenters. The van der Waals surface area contributed by atoms with Crippen LogP contribution in [0, 0.1) is 5.92 Å². The van der Waals surface area contributed by atoms with Gasteiger partial charge in [-0.15, -0.1) is 0 Å². The number of nitrogens with zero attached hydrogens (tertiary/aromatic N) is 1. The van der Waals surface area contributed by atoms with Gasteiger partial charge in [0.1, 0.15) is 0 Å². The molecule has 0 bridgehead atoms. The van der Waals surface area contributed by atoms with Crippen molar-refractivity contribution in [3.05, 3.63) is 0 Å². The largest absolute Gasteiger partial charge is 0.383 e. The van der Waals surface area contributed by atoms with Gasteiger partial charge in [-0.3, -0.25) is 10.2 Å². The van der Waals surface area contributed by atoms with Crippen molar-refractivity contribution in [3.8, 4) is 0 Å². The van der Waals surface area contributed by atoms with Crippen molar-refractivity contribution in [2.45, 2.75) is 20.3 Å². The minimum atomic E-state index is -0.124. The first-order valence-electron chi connectivity index (χ1n) is 5.30. The predicted octanol–water partition coefficient (Wildman–Crippen LogP) is -0.0292. The van der Waals surface area contributed by atoms with Crippen molar-refractivity contribution in [2.24, 2.45) is 11.8 Å². The molecule has 15 heavy (non-hydrogen) atoms. The molecule has 0 rings (SSSR count). The van der Waals surface area contributed by atoms with Gasteiger partial charge in [-0.05, 0) is 5.92 Å². The second-order valence-corrected chi connectivity index (χ2v) is 4.00. The van der Waals surface area contributed by atoms with Crippen LogP contribution in [0.3, 0.4) is 0 Å². The number of hydrogen-bond acceptors (Lipinski definition) is 4. The molecule has 0 spiro atoms. The Morgan fingerprint density at radius 1 is 1.47 bits per heavy atom. The fourth-order valence-electron chi connectivity index (χ4n) is 1.36. The maximum absolute atomic E-state index is 11.0. The minimum absolute atomic E-state index is 0.124. The first-order valence-corrected chi connectivity index (χ1v) is 5.30. The van der Waals surface area contributed by atoms with E-state index in [0.717, 1.165) is 19.6 Å². The molecule has 3 N–H and O–H groups in total. The van der Waals surface area contributed by atoms with Crippen LogP contribution >= 0.6 is 0 Å². The van der Waals surface area contributed by atoms with Crippen molar-refractivity contribution < 1.29 is 9.53 Å². The summed E-state index contributed by atoms with van der Waals surface area (Å²) in [5.41, 5.74) is 2.13. The van der Waals surface area contributed by atoms with Crippen LogP contribution < -0.4 is 11.3 Å². The zero-order valence-corrected chi connectivity index (χ0v) is 9.95. The molecule has 0 atom stereocenters. The topological polar surface area (TPSA) is 67.6 Å². The van der Waals surface area contributed by atoms with Gasteiger partial charge in [0.2, 0.25) is 5.91 Å². The summed E-state index contributed by atoms with van der Waals surface area (Å²) < 4.78 is 5.02. The molecule has 0 fully saturated rings. The van der Waals surface area contributed by atoms with E-state index in [1.165, 1.54) is 0 Å². The van der Waals surface area contributed by atoms with Crippen molar-refractivity contribution in [1.29, 1.82) is 0 Å². The maximum Gasteiger partial charge on any atom is 0.235 e. The van der Waals surface area contributed by atoms with Gasteiger partial charge in [-0.25, -0.2) is 5.84 Å². The Hall–Kier alpha value is -0.650. The van der Waals surface area contributed by atoms with Crippen LogP contribution in [0.25, 0.3) is 0 Å². The van der Waals surface area contributed by atoms with E-state index >= 15 is 0 Å². The predicted molar refractivity (Wildman–Crippen MR) is 60.1 cm³/mol. The molecule has 0 heterocycles. The normalized spacial score (nSPS) is 11.1. The number of carbonyl (C=O) groups excluding carboxylic acids is 1. The molecule has 0 aliphatic carbocycles. The van der Waals surface area contributed by atoms with E-state index in [-0.39, 0.29) is 5.91 Å². The molecule has 0 aromatic heterocycles. The summed E-state index contributed by atoms with van der Waals surface area (Å²) in [6.07, 6.45) is 0.437. The quantitative estimate of drug-likeness (QED) is 0.340. The van der Waals surface area contributed by atoms with E-state index in [1.807, 2.05) is 0 Å². The van der Waals surface area contributed by atoms with Crippen LogP contribution in [-0.2, 0) is 9.53 Å². The average Bonchev–Trinajstić information content (AvgIpc) is 2.20. The van der Waals surface area contributed by atoms with Crippen LogP contribution in [-0.4, -0.2) is 44.2 Å². The molecule has 0 aromatic carbocycles. The van der Waals surface area contributed by atoms with E-state index in [2.05, 4.69) is 24.2 Å². The van der Waals surface area contributed by atoms with Gasteiger partial charge in [-0.1, -0.05) is 13.8 Å². The molecule has 5 heteroatoms. The zero-order valence-electron chi connectivity index (χ0n) is 9.95. The summed E-state index contributed by atoms with van der Waals surface area (Å²) in [5.74, 6) is 5.48. The second kappa shape index (κ2) is 8.64. The molecule has 0 aliphatic heterocycles. The van der Waals surface area contributed by atoms with E-state index in [1.54, 1.807) is 7.11 Å². The van der Waals surface area contributed by atoms with Crippen LogP contribution in [0.2, 0.25) is 0 Å². The lowest BCUT2D eigenvalue weighted by atomic mass is 10.2. The van der Waals surface area contributed by atoms with Crippen LogP contribution in [0.15, 0.2) is 0 Å². The Kier molecular flexibility index (Phi) is 8.27. The maximum atomic E-state index is 11.0. The number of nitrogens with two attached hydrogens (primary N) is 1. The molecular formula is C10H23N3O2. The average molecular weight is 217 g/mol. The fourth-order valence-corrected chi connectivity index (χ4v) is 1.36. The van der Waals surface area contributed by atoms with E-state index in [9.17, 15) is 4.79 Å². The Morgan fingerprint density at radius 2 is 2.13 bits per heavy atom. The highest BCUT2D eigenvalue weighted by Gasteiger charge is 2.08. The number of ether oxygens (including phenoxy) is 1. The highest BCUT2D eigenvalue weighted by Crippen LogP contribution is 1.99. The summed E-state index contributed by atoms with van der Waals surface area (Å²) in [6, 6.07) is 0. The van der Waals surface area contributed by atoms with Crippen molar-refractivity contribution in [2.75, 3.05) is 33.4 Å². The Balaban J connectivity index is 3.83. The molecule has 0 aromatic rings. The number of hydrazine groups is 1. The summed E-state index contributed by atoms with van der Waals surface area (Å²) >= 11 is 0. The SMILES string of the molecule is COCCN(CCC(=O)NN)CC(C)C. The van der Waals surface area contributed by atoms with E-state index in [0.29, 0.717) is 18.9 Å². The summed E-state index contributed by atoms with van der Waals surface area (Å²) in [6.45, 7) is 7.56. The van der Waals surface area contributed by atoms with Crippen LogP contribution in [0.4, 0.5) is 0 Å². The monoisotopic (exact) mass is 217 g/mol. The smallest absolute Gasteiger partial charge is 0.235 e. The lowest BCUT2D eigenvalue weighted by Gasteiger charge is -2.23. The second-order valence-electron chi connectivity index (χ2n) is 4.00. The summed E-state index contributed by atoms with van der Waals surface area (Å²) in [5, 5.41) is 0. The zero-order chi connectivity index (χ0) is 11.7. The van der Waals surface area contributed by atoms with Crippen LogP contribution in [0.1, 0.15) is 20.3 Å². The van der Waals surface area contributed by atoms with Gasteiger partial charge in [0.05, 0.1) is 6.61 Å². The molecule has 90 valence electrons. The molecule has 0 aliphatic rings. The standard InChI is InChI=1S/C10H23N3O2/c1-9(2)8-13(6-7-15-3)5-4-10(14)12-11/h9H,4-8,11H2,1-3H3,(H,12,14). The summed E-state index contributed by atoms with van der Waals surface area (Å²) in [4.78, 5) is 13.2. The number of methoxy groups -OCH3 is 1. The van der Waals surface area contributed by atoms with Gasteiger partial charge >= 0.3 is 0 Å². The van der Waals surface area contributed by atoms with Gasteiger partial charge in [0.15, 0.2) is 0 Å². The molecule has 1 amide bonds. The first-order chi connectivity index (χ1) is 7.10. The third-order valence-corrected chi connectivity index (χ3v) is 2.05. The molecule has 0 radical (unpaired) electrons. The number of rotatable bonds is 8. The van der Waals surface area contributed by atoms with Crippen molar-refractivity contribution >= 4 is 5.91 Å².